The van der Waals surface area contributed by atoms with E-state index in [0.29, 0.717) is 16.7 Å². The molecule has 0 radical (unpaired) electrons. The van der Waals surface area contributed by atoms with Crippen molar-refractivity contribution in [2.45, 2.75) is 72.6 Å². The highest BCUT2D eigenvalue weighted by molar-refractivity contribution is 6.07. The molecule has 1 fully saturated rings. The van der Waals surface area contributed by atoms with Crippen molar-refractivity contribution in [2.75, 3.05) is 32.8 Å². The molecular formula is C25H38N3O8+. The van der Waals surface area contributed by atoms with Crippen molar-refractivity contribution in [3.8, 4) is 0 Å². The highest BCUT2D eigenvalue weighted by atomic mass is 16.7. The minimum atomic E-state index is -1.39. The van der Waals surface area contributed by atoms with E-state index in [-0.39, 0.29) is 43.8 Å². The number of carbonyl (C=O) groups excluding carboxylic acids is 3. The fraction of sp³-hybridized carbons (Fsp3) is 0.640. The number of esters is 1. The van der Waals surface area contributed by atoms with Gasteiger partial charge < -0.3 is 18.7 Å². The molecule has 1 saturated heterocycles. The van der Waals surface area contributed by atoms with Gasteiger partial charge in [0.05, 0.1) is 37.6 Å². The van der Waals surface area contributed by atoms with E-state index >= 15 is 0 Å². The largest absolute Gasteiger partial charge is 0.459 e. The number of rotatable bonds is 16. The second-order valence-corrected chi connectivity index (χ2v) is 8.70. The zero-order valence-corrected chi connectivity index (χ0v) is 21.8. The number of quaternary nitrogens is 1. The summed E-state index contributed by atoms with van der Waals surface area (Å²) in [4.78, 5) is 51.0. The molecule has 1 amide bonds. The van der Waals surface area contributed by atoms with E-state index in [1.54, 1.807) is 6.92 Å². The molecule has 1 aliphatic heterocycles. The Kier molecular flexibility index (Phi) is 10.9. The van der Waals surface area contributed by atoms with Gasteiger partial charge in [-0.1, -0.05) is 0 Å². The van der Waals surface area contributed by atoms with E-state index in [1.807, 2.05) is 27.7 Å². The van der Waals surface area contributed by atoms with Crippen molar-refractivity contribution >= 4 is 23.3 Å². The molecule has 0 bridgehead atoms. The lowest BCUT2D eigenvalue weighted by atomic mass is 9.97. The molecule has 11 nitrogen and oxygen atoms in total. The minimum Gasteiger partial charge on any atom is -0.459 e. The molecule has 1 heterocycles. The topological polar surface area (TPSA) is 125 Å². The SMILES string of the molecule is CCOC(C)OCCC(=O)C(C(=O)OCc1ccc([N+](=O)[O-])cc1)N1C(=O)CC1[N+](CC)(CC)CC. The van der Waals surface area contributed by atoms with Crippen molar-refractivity contribution in [2.24, 2.45) is 0 Å². The first-order valence-corrected chi connectivity index (χ1v) is 12.5. The Labute approximate surface area is 212 Å². The van der Waals surface area contributed by atoms with Crippen molar-refractivity contribution in [3.05, 3.63) is 39.9 Å². The average Bonchev–Trinajstić information content (AvgIpc) is 2.86. The van der Waals surface area contributed by atoms with Gasteiger partial charge in [-0.2, -0.15) is 0 Å². The minimum absolute atomic E-state index is 0.0359. The van der Waals surface area contributed by atoms with Crippen LogP contribution >= 0.6 is 0 Å². The summed E-state index contributed by atoms with van der Waals surface area (Å²) in [7, 11) is 0. The zero-order valence-electron chi connectivity index (χ0n) is 21.8. The monoisotopic (exact) mass is 508 g/mol. The van der Waals surface area contributed by atoms with Crippen LogP contribution in [0, 0.1) is 10.1 Å². The number of β-lactam (4-membered cyclic amide) rings is 1. The molecular weight excluding hydrogens is 470 g/mol. The van der Waals surface area contributed by atoms with Crippen molar-refractivity contribution in [3.63, 3.8) is 0 Å². The van der Waals surface area contributed by atoms with Crippen LogP contribution in [0.3, 0.4) is 0 Å². The van der Waals surface area contributed by atoms with Gasteiger partial charge in [-0.3, -0.25) is 24.6 Å². The first-order chi connectivity index (χ1) is 17.1. The van der Waals surface area contributed by atoms with Gasteiger partial charge in [0.1, 0.15) is 6.61 Å². The number of Topliss-reactive ketones (excluding diaryl/α,β-unsaturated/α-hetero) is 1. The van der Waals surface area contributed by atoms with Gasteiger partial charge in [0.2, 0.25) is 5.91 Å². The summed E-state index contributed by atoms with van der Waals surface area (Å²) in [6.45, 7) is 12.2. The second kappa shape index (κ2) is 13.4. The normalized spacial score (nSPS) is 17.3. The maximum absolute atomic E-state index is 13.3. The van der Waals surface area contributed by atoms with Crippen LogP contribution in [-0.4, -0.2) is 83.3 Å². The van der Waals surface area contributed by atoms with E-state index in [0.717, 1.165) is 19.6 Å². The number of likely N-dealkylation sites (tertiary alicyclic amines) is 1. The maximum Gasteiger partial charge on any atom is 0.337 e. The molecule has 200 valence electrons. The Morgan fingerprint density at radius 2 is 1.72 bits per heavy atom. The van der Waals surface area contributed by atoms with Gasteiger partial charge >= 0.3 is 5.97 Å². The Hall–Kier alpha value is -2.89. The van der Waals surface area contributed by atoms with Crippen LogP contribution in [-0.2, 0) is 35.2 Å². The molecule has 3 atom stereocenters. The summed E-state index contributed by atoms with van der Waals surface area (Å²) in [5.74, 6) is -1.56. The molecule has 1 aromatic carbocycles. The number of ketones is 1. The van der Waals surface area contributed by atoms with Gasteiger partial charge in [0.25, 0.3) is 5.69 Å². The molecule has 36 heavy (non-hydrogen) atoms. The van der Waals surface area contributed by atoms with Crippen LogP contribution in [0.15, 0.2) is 24.3 Å². The number of nitro benzene ring substituents is 1. The predicted molar refractivity (Wildman–Crippen MR) is 130 cm³/mol. The van der Waals surface area contributed by atoms with Gasteiger partial charge in [0, 0.05) is 25.2 Å². The number of benzene rings is 1. The van der Waals surface area contributed by atoms with Crippen LogP contribution in [0.4, 0.5) is 5.69 Å². The number of amides is 1. The van der Waals surface area contributed by atoms with Crippen LogP contribution in [0.2, 0.25) is 0 Å². The van der Waals surface area contributed by atoms with Crippen molar-refractivity contribution in [1.29, 1.82) is 0 Å². The van der Waals surface area contributed by atoms with Gasteiger partial charge in [-0.25, -0.2) is 4.79 Å². The van der Waals surface area contributed by atoms with E-state index in [9.17, 15) is 24.5 Å². The Morgan fingerprint density at radius 1 is 1.11 bits per heavy atom. The third kappa shape index (κ3) is 6.86. The van der Waals surface area contributed by atoms with Crippen LogP contribution in [0.25, 0.3) is 0 Å². The number of nitro groups is 1. The molecule has 0 saturated carbocycles. The van der Waals surface area contributed by atoms with Crippen LogP contribution in [0.1, 0.15) is 53.0 Å². The molecule has 0 N–H and O–H groups in total. The van der Waals surface area contributed by atoms with Gasteiger partial charge in [0.15, 0.2) is 24.3 Å². The van der Waals surface area contributed by atoms with Crippen LogP contribution < -0.4 is 0 Å². The number of ether oxygens (including phenoxy) is 3. The van der Waals surface area contributed by atoms with E-state index in [2.05, 4.69) is 0 Å². The fourth-order valence-corrected chi connectivity index (χ4v) is 4.58. The molecule has 3 unspecified atom stereocenters. The molecule has 0 spiro atoms. The van der Waals surface area contributed by atoms with Crippen molar-refractivity contribution in [1.82, 2.24) is 4.90 Å². The molecule has 1 aromatic rings. The zero-order chi connectivity index (χ0) is 26.9. The molecule has 11 heteroatoms. The summed E-state index contributed by atoms with van der Waals surface area (Å²) < 4.78 is 16.8. The first-order valence-electron chi connectivity index (χ1n) is 12.5. The van der Waals surface area contributed by atoms with E-state index in [1.165, 1.54) is 29.2 Å². The van der Waals surface area contributed by atoms with Crippen LogP contribution in [0.5, 0.6) is 0 Å². The van der Waals surface area contributed by atoms with Gasteiger partial charge in [-0.05, 0) is 52.3 Å². The highest BCUT2D eigenvalue weighted by Gasteiger charge is 2.55. The summed E-state index contributed by atoms with van der Waals surface area (Å²) in [6, 6.07) is 4.20. The molecule has 0 aromatic heterocycles. The number of hydrogen-bond acceptors (Lipinski definition) is 8. The fourth-order valence-electron chi connectivity index (χ4n) is 4.58. The Balaban J connectivity index is 2.22. The predicted octanol–water partition coefficient (Wildman–Crippen LogP) is 2.80. The number of hydrogen-bond donors (Lipinski definition) is 0. The van der Waals surface area contributed by atoms with E-state index < -0.39 is 29.0 Å². The first kappa shape index (κ1) is 29.3. The summed E-state index contributed by atoms with van der Waals surface area (Å²) in [5.41, 5.74) is 0.447. The Morgan fingerprint density at radius 3 is 2.22 bits per heavy atom. The summed E-state index contributed by atoms with van der Waals surface area (Å²) >= 11 is 0. The molecule has 1 aliphatic rings. The number of carbonyl (C=O) groups is 3. The lowest BCUT2D eigenvalue weighted by Gasteiger charge is -2.53. The summed E-state index contributed by atoms with van der Waals surface area (Å²) in [6.07, 6.45) is -0.637. The number of nitrogens with zero attached hydrogens (tertiary/aromatic N) is 3. The van der Waals surface area contributed by atoms with Crippen molar-refractivity contribution < 1.29 is 38.0 Å². The van der Waals surface area contributed by atoms with Gasteiger partial charge in [-0.15, -0.1) is 0 Å². The average molecular weight is 509 g/mol. The number of non-ortho nitro benzene ring substituents is 1. The maximum atomic E-state index is 13.3. The summed E-state index contributed by atoms with van der Waals surface area (Å²) in [5, 5.41) is 10.9. The third-order valence-electron chi connectivity index (χ3n) is 6.92. The lowest BCUT2D eigenvalue weighted by molar-refractivity contribution is -0.959. The Bertz CT molecular complexity index is 908. The molecule has 0 aliphatic carbocycles. The quantitative estimate of drug-likeness (QED) is 0.0635. The standard InChI is InChI=1S/C25H38N3O8/c1-6-28(7-2,8-3)22-16-23(30)26(22)24(21(29)14-15-35-18(5)34-9-4)25(31)36-17-19-10-12-20(13-11-19)27(32)33/h10-13,18,22,24H,6-9,14-17H2,1-5H3/q+1. The smallest absolute Gasteiger partial charge is 0.337 e. The lowest BCUT2D eigenvalue weighted by Crippen LogP contribution is -2.74. The van der Waals surface area contributed by atoms with E-state index in [4.69, 9.17) is 14.2 Å². The highest BCUT2D eigenvalue weighted by Crippen LogP contribution is 2.32. The third-order valence-corrected chi connectivity index (χ3v) is 6.92. The molecule has 2 rings (SSSR count). The second-order valence-electron chi connectivity index (χ2n) is 8.70.